The van der Waals surface area contributed by atoms with Crippen LogP contribution in [0.1, 0.15) is 28.3 Å². The molecule has 0 aromatic heterocycles. The number of allylic oxidation sites excluding steroid dienone is 4. The van der Waals surface area contributed by atoms with Gasteiger partial charge in [0.05, 0.1) is 0 Å². The minimum absolute atomic E-state index is 0.0321. The molecule has 5 rings (SSSR count). The highest BCUT2D eigenvalue weighted by molar-refractivity contribution is 6.09. The third-order valence-corrected chi connectivity index (χ3v) is 6.85. The van der Waals surface area contributed by atoms with Crippen LogP contribution < -0.4 is 10.2 Å². The highest BCUT2D eigenvalue weighted by Gasteiger charge is 2.27. The molecule has 192 valence electrons. The molecule has 39 heavy (non-hydrogen) atoms. The van der Waals surface area contributed by atoms with E-state index in [0.717, 1.165) is 39.2 Å². The van der Waals surface area contributed by atoms with Crippen molar-refractivity contribution < 1.29 is 4.79 Å². The molecular weight excluding hydrogens is 476 g/mol. The van der Waals surface area contributed by atoms with Crippen LogP contribution in [0, 0.1) is 0 Å². The summed E-state index contributed by atoms with van der Waals surface area (Å²) in [5, 5.41) is 3.62. The third kappa shape index (κ3) is 6.00. The number of nitrogens with zero attached hydrogens (tertiary/aromatic N) is 1. The summed E-state index contributed by atoms with van der Waals surface area (Å²) in [6.45, 7) is 4.40. The molecule has 0 fully saturated rings. The van der Waals surface area contributed by atoms with E-state index in [1.807, 2.05) is 105 Å². The highest BCUT2D eigenvalue weighted by Crippen LogP contribution is 2.32. The molecule has 3 heteroatoms. The lowest BCUT2D eigenvalue weighted by atomic mass is 9.91. The summed E-state index contributed by atoms with van der Waals surface area (Å²) in [7, 11) is 4.03. The lowest BCUT2D eigenvalue weighted by Crippen LogP contribution is -2.29. The van der Waals surface area contributed by atoms with Crippen molar-refractivity contribution in [2.45, 2.75) is 6.04 Å². The zero-order valence-corrected chi connectivity index (χ0v) is 22.3. The molecule has 4 aromatic rings. The second-order valence-corrected chi connectivity index (χ2v) is 9.81. The van der Waals surface area contributed by atoms with Gasteiger partial charge in [0, 0.05) is 31.1 Å². The van der Waals surface area contributed by atoms with E-state index in [2.05, 4.69) is 59.3 Å². The van der Waals surface area contributed by atoms with Crippen LogP contribution in [-0.4, -0.2) is 19.9 Å². The standard InChI is InChI=1S/C36H32N2O/c1-26-23-31(28-13-7-4-8-14-28)25-34(29-15-9-5-10-16-29)37-35(30-17-11-6-12-18-30)36(39)33(26)24-27-19-21-32(22-20-27)38(2)3/h4-25,35,37H,1H2,2-3H3/b31-23+,33-24-,34-25-. The van der Waals surface area contributed by atoms with Crippen molar-refractivity contribution in [3.05, 3.63) is 167 Å². The Morgan fingerprint density at radius 2 is 1.28 bits per heavy atom. The summed E-state index contributed by atoms with van der Waals surface area (Å²) in [6.07, 6.45) is 6.09. The molecule has 1 aliphatic heterocycles. The van der Waals surface area contributed by atoms with Gasteiger partial charge in [-0.2, -0.15) is 0 Å². The number of hydrogen-bond donors (Lipinski definition) is 1. The van der Waals surface area contributed by atoms with Crippen LogP contribution in [0.5, 0.6) is 0 Å². The summed E-state index contributed by atoms with van der Waals surface area (Å²) in [6, 6.07) is 37.8. The average molecular weight is 509 g/mol. The minimum atomic E-state index is -0.592. The van der Waals surface area contributed by atoms with E-state index in [1.54, 1.807) is 0 Å². The number of carbonyl (C=O) groups is 1. The van der Waals surface area contributed by atoms with Crippen LogP contribution in [0.15, 0.2) is 145 Å². The Hall–Kier alpha value is -4.89. The van der Waals surface area contributed by atoms with Gasteiger partial charge in [0.25, 0.3) is 0 Å². The smallest absolute Gasteiger partial charge is 0.190 e. The van der Waals surface area contributed by atoms with Crippen molar-refractivity contribution in [1.29, 1.82) is 0 Å². The molecule has 1 unspecified atom stereocenters. The van der Waals surface area contributed by atoms with Gasteiger partial charge in [-0.25, -0.2) is 0 Å². The predicted octanol–water partition coefficient (Wildman–Crippen LogP) is 7.73. The quantitative estimate of drug-likeness (QED) is 0.280. The zero-order chi connectivity index (χ0) is 27.2. The molecule has 1 aliphatic rings. The van der Waals surface area contributed by atoms with Crippen molar-refractivity contribution in [2.75, 3.05) is 19.0 Å². The van der Waals surface area contributed by atoms with Crippen LogP contribution in [0.3, 0.4) is 0 Å². The van der Waals surface area contributed by atoms with E-state index < -0.39 is 6.04 Å². The number of nitrogens with one attached hydrogen (secondary N) is 1. The summed E-state index contributed by atoms with van der Waals surface area (Å²) in [5.74, 6) is -0.0321. The Morgan fingerprint density at radius 1 is 0.718 bits per heavy atom. The van der Waals surface area contributed by atoms with Gasteiger partial charge in [-0.15, -0.1) is 0 Å². The molecule has 0 saturated heterocycles. The van der Waals surface area contributed by atoms with E-state index in [0.29, 0.717) is 11.1 Å². The third-order valence-electron chi connectivity index (χ3n) is 6.85. The van der Waals surface area contributed by atoms with Gasteiger partial charge in [0.2, 0.25) is 0 Å². The SMILES string of the molecule is C=C1/C=C(c2ccccc2)\C=C(\c2ccccc2)NC(c2ccccc2)C(=O)/C1=C\c1ccc(N(C)C)cc1. The number of Topliss-reactive ketones (excluding diaryl/α,β-unsaturated/α-hetero) is 1. The van der Waals surface area contributed by atoms with Crippen molar-refractivity contribution >= 4 is 28.8 Å². The average Bonchev–Trinajstić information content (AvgIpc) is 3.03. The number of anilines is 1. The van der Waals surface area contributed by atoms with E-state index in [4.69, 9.17) is 0 Å². The van der Waals surface area contributed by atoms with Crippen molar-refractivity contribution in [3.8, 4) is 0 Å². The summed E-state index contributed by atoms with van der Waals surface area (Å²) >= 11 is 0. The van der Waals surface area contributed by atoms with Gasteiger partial charge < -0.3 is 10.2 Å². The van der Waals surface area contributed by atoms with Crippen molar-refractivity contribution in [1.82, 2.24) is 5.32 Å². The largest absolute Gasteiger partial charge is 0.378 e. The molecular formula is C36H32N2O. The molecule has 3 nitrogen and oxygen atoms in total. The molecule has 1 N–H and O–H groups in total. The van der Waals surface area contributed by atoms with Crippen LogP contribution in [0.4, 0.5) is 5.69 Å². The molecule has 0 saturated carbocycles. The zero-order valence-electron chi connectivity index (χ0n) is 22.3. The molecule has 1 atom stereocenters. The van der Waals surface area contributed by atoms with Crippen LogP contribution in [0.2, 0.25) is 0 Å². The minimum Gasteiger partial charge on any atom is -0.378 e. The Morgan fingerprint density at radius 3 is 1.87 bits per heavy atom. The normalized spacial score (nSPS) is 19.5. The molecule has 0 spiro atoms. The first-order valence-corrected chi connectivity index (χ1v) is 13.1. The molecule has 0 amide bonds. The number of rotatable bonds is 5. The molecule has 0 radical (unpaired) electrons. The topological polar surface area (TPSA) is 32.3 Å². The maximum Gasteiger partial charge on any atom is 0.190 e. The Bertz CT molecular complexity index is 1550. The van der Waals surface area contributed by atoms with Crippen molar-refractivity contribution in [2.24, 2.45) is 0 Å². The number of ketones is 1. The number of hydrogen-bond acceptors (Lipinski definition) is 3. The van der Waals surface area contributed by atoms with Gasteiger partial charge in [-0.1, -0.05) is 110 Å². The molecule has 1 heterocycles. The van der Waals surface area contributed by atoms with E-state index >= 15 is 0 Å². The van der Waals surface area contributed by atoms with Gasteiger partial charge in [0.15, 0.2) is 5.78 Å². The fourth-order valence-electron chi connectivity index (χ4n) is 4.70. The first-order chi connectivity index (χ1) is 19.0. The Labute approximate surface area is 231 Å². The monoisotopic (exact) mass is 508 g/mol. The fraction of sp³-hybridized carbons (Fsp3) is 0.0833. The van der Waals surface area contributed by atoms with Gasteiger partial charge >= 0.3 is 0 Å². The molecule has 4 aromatic carbocycles. The van der Waals surface area contributed by atoms with Crippen LogP contribution >= 0.6 is 0 Å². The number of carbonyl (C=O) groups excluding carboxylic acids is 1. The lowest BCUT2D eigenvalue weighted by Gasteiger charge is -2.22. The maximum atomic E-state index is 14.4. The fourth-order valence-corrected chi connectivity index (χ4v) is 4.70. The van der Waals surface area contributed by atoms with Gasteiger partial charge in [-0.05, 0) is 63.8 Å². The van der Waals surface area contributed by atoms with E-state index in [9.17, 15) is 4.79 Å². The Kier molecular flexibility index (Phi) is 7.70. The van der Waals surface area contributed by atoms with E-state index in [1.165, 1.54) is 0 Å². The van der Waals surface area contributed by atoms with E-state index in [-0.39, 0.29) is 5.78 Å². The van der Waals surface area contributed by atoms with Gasteiger partial charge in [0.1, 0.15) is 6.04 Å². The lowest BCUT2D eigenvalue weighted by molar-refractivity contribution is -0.117. The Balaban J connectivity index is 1.70. The summed E-state index contributed by atoms with van der Waals surface area (Å²) < 4.78 is 0. The summed E-state index contributed by atoms with van der Waals surface area (Å²) in [4.78, 5) is 16.5. The first-order valence-electron chi connectivity index (χ1n) is 13.1. The predicted molar refractivity (Wildman–Crippen MR) is 164 cm³/mol. The van der Waals surface area contributed by atoms with Crippen LogP contribution in [0.25, 0.3) is 17.3 Å². The highest BCUT2D eigenvalue weighted by atomic mass is 16.1. The second-order valence-electron chi connectivity index (χ2n) is 9.81. The second kappa shape index (κ2) is 11.7. The number of benzene rings is 4. The molecule has 0 bridgehead atoms. The molecule has 0 aliphatic carbocycles. The maximum absolute atomic E-state index is 14.4. The summed E-state index contributed by atoms with van der Waals surface area (Å²) in [5.41, 5.74) is 8.09. The van der Waals surface area contributed by atoms with Crippen LogP contribution in [-0.2, 0) is 4.79 Å². The van der Waals surface area contributed by atoms with Crippen molar-refractivity contribution in [3.63, 3.8) is 0 Å². The first kappa shape index (κ1) is 25.7. The van der Waals surface area contributed by atoms with Gasteiger partial charge in [-0.3, -0.25) is 4.79 Å².